The van der Waals surface area contributed by atoms with Crippen molar-refractivity contribution >= 4 is 15.9 Å². The van der Waals surface area contributed by atoms with Crippen LogP contribution >= 0.6 is 15.9 Å². The normalized spacial score (nSPS) is 12.2. The van der Waals surface area contributed by atoms with Crippen molar-refractivity contribution < 1.29 is 9.84 Å². The van der Waals surface area contributed by atoms with Gasteiger partial charge < -0.3 is 9.84 Å². The van der Waals surface area contributed by atoms with E-state index in [1.165, 1.54) is 0 Å². The van der Waals surface area contributed by atoms with E-state index in [1.807, 2.05) is 24.3 Å². The lowest BCUT2D eigenvalue weighted by Crippen LogP contribution is -1.97. The Morgan fingerprint density at radius 1 is 1.64 bits per heavy atom. The highest BCUT2D eigenvalue weighted by atomic mass is 79.9. The van der Waals surface area contributed by atoms with Crippen LogP contribution in [0.25, 0.3) is 0 Å². The fraction of sp³-hybridized carbons (Fsp3) is 0.273. The fourth-order valence-electron chi connectivity index (χ4n) is 1.03. The second-order valence-corrected chi connectivity index (χ2v) is 4.18. The third-order valence-corrected chi connectivity index (χ3v) is 1.96. The molecule has 1 N–H and O–H groups in total. The van der Waals surface area contributed by atoms with Crippen LogP contribution in [-0.2, 0) is 0 Å². The molecule has 0 amide bonds. The second kappa shape index (κ2) is 5.17. The van der Waals surface area contributed by atoms with Crippen molar-refractivity contribution in [3.8, 4) is 5.75 Å². The van der Waals surface area contributed by atoms with E-state index < -0.39 is 6.10 Å². The Labute approximate surface area is 92.3 Å². The smallest absolute Gasteiger partial charge is 0.120 e. The zero-order valence-corrected chi connectivity index (χ0v) is 9.62. The SMILES string of the molecule is C=C(Br)COc1cccc(C(C)O)c1. The van der Waals surface area contributed by atoms with Crippen LogP contribution in [0.2, 0.25) is 0 Å². The quantitative estimate of drug-likeness (QED) is 0.898. The molecule has 1 aromatic rings. The molecule has 0 fully saturated rings. The molecule has 0 saturated heterocycles. The van der Waals surface area contributed by atoms with Crippen molar-refractivity contribution in [1.29, 1.82) is 0 Å². The van der Waals surface area contributed by atoms with Crippen molar-refractivity contribution in [1.82, 2.24) is 0 Å². The van der Waals surface area contributed by atoms with Crippen molar-refractivity contribution in [3.05, 3.63) is 40.9 Å². The Kier molecular flexibility index (Phi) is 4.17. The van der Waals surface area contributed by atoms with E-state index in [0.717, 1.165) is 15.8 Å². The summed E-state index contributed by atoms with van der Waals surface area (Å²) in [5, 5.41) is 9.34. The Morgan fingerprint density at radius 3 is 2.93 bits per heavy atom. The average molecular weight is 257 g/mol. The minimum atomic E-state index is -0.467. The van der Waals surface area contributed by atoms with Crippen molar-refractivity contribution in [3.63, 3.8) is 0 Å². The molecule has 0 heterocycles. The number of aliphatic hydroxyl groups excluding tert-OH is 1. The van der Waals surface area contributed by atoms with Crippen LogP contribution in [0.5, 0.6) is 5.75 Å². The summed E-state index contributed by atoms with van der Waals surface area (Å²) in [6, 6.07) is 7.39. The van der Waals surface area contributed by atoms with Gasteiger partial charge >= 0.3 is 0 Å². The van der Waals surface area contributed by atoms with Gasteiger partial charge in [-0.3, -0.25) is 0 Å². The van der Waals surface area contributed by atoms with Gasteiger partial charge in [0.15, 0.2) is 0 Å². The number of rotatable bonds is 4. The van der Waals surface area contributed by atoms with E-state index in [4.69, 9.17) is 4.74 Å². The zero-order valence-electron chi connectivity index (χ0n) is 8.03. The maximum atomic E-state index is 9.34. The third kappa shape index (κ3) is 3.52. The van der Waals surface area contributed by atoms with Gasteiger partial charge in [0.1, 0.15) is 12.4 Å². The lowest BCUT2D eigenvalue weighted by atomic mass is 10.1. The first kappa shape index (κ1) is 11.3. The maximum Gasteiger partial charge on any atom is 0.120 e. The molecular formula is C11H13BrO2. The van der Waals surface area contributed by atoms with Crippen molar-refractivity contribution in [2.24, 2.45) is 0 Å². The number of ether oxygens (including phenoxy) is 1. The van der Waals surface area contributed by atoms with Gasteiger partial charge in [-0.1, -0.05) is 34.6 Å². The highest BCUT2D eigenvalue weighted by Crippen LogP contribution is 2.19. The molecule has 1 rings (SSSR count). The van der Waals surface area contributed by atoms with E-state index in [-0.39, 0.29) is 0 Å². The lowest BCUT2D eigenvalue weighted by Gasteiger charge is -2.08. The summed E-state index contributed by atoms with van der Waals surface area (Å²) in [5.41, 5.74) is 0.850. The average Bonchev–Trinajstić information content (AvgIpc) is 2.15. The minimum absolute atomic E-state index is 0.434. The van der Waals surface area contributed by atoms with Crippen LogP contribution in [0.1, 0.15) is 18.6 Å². The summed E-state index contributed by atoms with van der Waals surface area (Å²) < 4.78 is 6.19. The van der Waals surface area contributed by atoms with Crippen LogP contribution in [0.4, 0.5) is 0 Å². The number of benzene rings is 1. The van der Waals surface area contributed by atoms with Gasteiger partial charge in [-0.05, 0) is 24.6 Å². The predicted molar refractivity (Wildman–Crippen MR) is 60.6 cm³/mol. The molecule has 0 aliphatic carbocycles. The van der Waals surface area contributed by atoms with E-state index in [9.17, 15) is 5.11 Å². The van der Waals surface area contributed by atoms with Gasteiger partial charge in [0.05, 0.1) is 6.10 Å². The van der Waals surface area contributed by atoms with Gasteiger partial charge in [-0.15, -0.1) is 0 Å². The Balaban J connectivity index is 2.68. The summed E-state index contributed by atoms with van der Waals surface area (Å²) in [4.78, 5) is 0. The Bertz CT molecular complexity index is 321. The van der Waals surface area contributed by atoms with Crippen LogP contribution in [0.15, 0.2) is 35.3 Å². The molecule has 0 spiro atoms. The molecule has 0 radical (unpaired) electrons. The molecule has 3 heteroatoms. The molecule has 1 aromatic carbocycles. The Morgan fingerprint density at radius 2 is 2.36 bits per heavy atom. The monoisotopic (exact) mass is 256 g/mol. The topological polar surface area (TPSA) is 29.5 Å². The molecule has 0 aromatic heterocycles. The molecule has 0 aliphatic heterocycles. The molecule has 14 heavy (non-hydrogen) atoms. The van der Waals surface area contributed by atoms with E-state index in [1.54, 1.807) is 6.92 Å². The van der Waals surface area contributed by atoms with Gasteiger partial charge in [0, 0.05) is 4.48 Å². The first-order chi connectivity index (χ1) is 6.59. The number of hydrogen-bond donors (Lipinski definition) is 1. The molecule has 2 nitrogen and oxygen atoms in total. The summed E-state index contributed by atoms with van der Waals surface area (Å²) in [5.74, 6) is 0.740. The third-order valence-electron chi connectivity index (χ3n) is 1.74. The van der Waals surface area contributed by atoms with E-state index >= 15 is 0 Å². The number of aliphatic hydroxyl groups is 1. The number of halogens is 1. The lowest BCUT2D eigenvalue weighted by molar-refractivity contribution is 0.198. The summed E-state index contributed by atoms with van der Waals surface area (Å²) in [6.07, 6.45) is -0.467. The van der Waals surface area contributed by atoms with Crippen molar-refractivity contribution in [2.45, 2.75) is 13.0 Å². The molecular weight excluding hydrogens is 244 g/mol. The summed E-state index contributed by atoms with van der Waals surface area (Å²) in [7, 11) is 0. The van der Waals surface area contributed by atoms with Gasteiger partial charge in [-0.2, -0.15) is 0 Å². The van der Waals surface area contributed by atoms with Crippen LogP contribution in [-0.4, -0.2) is 11.7 Å². The van der Waals surface area contributed by atoms with E-state index in [0.29, 0.717) is 6.61 Å². The number of hydrogen-bond acceptors (Lipinski definition) is 2. The summed E-state index contributed by atoms with van der Waals surface area (Å²) >= 11 is 3.21. The van der Waals surface area contributed by atoms with Crippen LogP contribution in [0.3, 0.4) is 0 Å². The van der Waals surface area contributed by atoms with Crippen molar-refractivity contribution in [2.75, 3.05) is 6.61 Å². The maximum absolute atomic E-state index is 9.34. The van der Waals surface area contributed by atoms with Gasteiger partial charge in [0.25, 0.3) is 0 Å². The first-order valence-corrected chi connectivity index (χ1v) is 5.13. The molecule has 1 atom stereocenters. The molecule has 76 valence electrons. The molecule has 1 unspecified atom stereocenters. The molecule has 0 bridgehead atoms. The largest absolute Gasteiger partial charge is 0.488 e. The minimum Gasteiger partial charge on any atom is -0.488 e. The zero-order chi connectivity index (χ0) is 10.6. The van der Waals surface area contributed by atoms with E-state index in [2.05, 4.69) is 22.5 Å². The Hall–Kier alpha value is -0.800. The second-order valence-electron chi connectivity index (χ2n) is 3.05. The van der Waals surface area contributed by atoms with Gasteiger partial charge in [0.2, 0.25) is 0 Å². The van der Waals surface area contributed by atoms with Crippen LogP contribution in [0, 0.1) is 0 Å². The first-order valence-electron chi connectivity index (χ1n) is 4.33. The highest BCUT2D eigenvalue weighted by Gasteiger charge is 2.01. The van der Waals surface area contributed by atoms with Crippen LogP contribution < -0.4 is 4.74 Å². The molecule has 0 aliphatic rings. The standard InChI is InChI=1S/C11H13BrO2/c1-8(12)7-14-11-5-3-4-10(6-11)9(2)13/h3-6,9,13H,1,7H2,2H3. The summed E-state index contributed by atoms with van der Waals surface area (Å²) in [6.45, 7) is 5.83. The predicted octanol–water partition coefficient (Wildman–Crippen LogP) is 3.03. The van der Waals surface area contributed by atoms with Gasteiger partial charge in [-0.25, -0.2) is 0 Å². The highest BCUT2D eigenvalue weighted by molar-refractivity contribution is 9.11. The fourth-order valence-corrected chi connectivity index (χ4v) is 1.14. The molecule has 0 saturated carbocycles.